The summed E-state index contributed by atoms with van der Waals surface area (Å²) in [4.78, 5) is 25.7. The molecule has 2 aliphatic rings. The van der Waals surface area contributed by atoms with Gasteiger partial charge in [-0.15, -0.1) is 0 Å². The quantitative estimate of drug-likeness (QED) is 0.814. The maximum atomic E-state index is 12.3. The first kappa shape index (κ1) is 18.0. The zero-order valence-corrected chi connectivity index (χ0v) is 14.6. The van der Waals surface area contributed by atoms with Crippen LogP contribution in [0.2, 0.25) is 0 Å². The Labute approximate surface area is 137 Å². The van der Waals surface area contributed by atoms with Gasteiger partial charge in [-0.2, -0.15) is 0 Å². The lowest BCUT2D eigenvalue weighted by Gasteiger charge is -2.46. The van der Waals surface area contributed by atoms with Crippen LogP contribution in [0.1, 0.15) is 59.8 Å². The van der Waals surface area contributed by atoms with Gasteiger partial charge >= 0.3 is 12.1 Å². The molecular weight excluding hydrogens is 298 g/mol. The van der Waals surface area contributed by atoms with Crippen molar-refractivity contribution in [2.45, 2.75) is 71.0 Å². The van der Waals surface area contributed by atoms with Crippen molar-refractivity contribution in [1.29, 1.82) is 0 Å². The summed E-state index contributed by atoms with van der Waals surface area (Å²) in [6.07, 6.45) is 2.54. The Bertz CT molecular complexity index is 486. The first-order valence-electron chi connectivity index (χ1n) is 8.43. The van der Waals surface area contributed by atoms with Crippen LogP contribution >= 0.6 is 0 Å². The second-order valence-corrected chi connectivity index (χ2v) is 8.27. The van der Waals surface area contributed by atoms with E-state index < -0.39 is 28.7 Å². The standard InChI is InChI=1S/C17H29NO5/c1-12-6-5-7-17(22,10-12)16(13(19)20)8-9-18(11-16)14(21)23-15(2,3)4/h12,22H,5-11H2,1-4H3,(H,19,20). The van der Waals surface area contributed by atoms with Crippen LogP contribution in [0.3, 0.4) is 0 Å². The van der Waals surface area contributed by atoms with Gasteiger partial charge in [0.1, 0.15) is 11.0 Å². The SMILES string of the molecule is CC1CCCC(O)(C2(C(=O)O)CCN(C(=O)OC(C)(C)C)C2)C1. The van der Waals surface area contributed by atoms with E-state index in [0.717, 1.165) is 12.8 Å². The highest BCUT2D eigenvalue weighted by Gasteiger charge is 2.60. The second kappa shape index (κ2) is 5.96. The molecule has 6 heteroatoms. The number of hydrogen-bond acceptors (Lipinski definition) is 4. The number of carboxylic acid groups (broad SMARTS) is 1. The van der Waals surface area contributed by atoms with Crippen LogP contribution in [0, 0.1) is 11.3 Å². The summed E-state index contributed by atoms with van der Waals surface area (Å²) < 4.78 is 5.35. The zero-order valence-electron chi connectivity index (χ0n) is 14.6. The Morgan fingerprint density at radius 2 is 1.91 bits per heavy atom. The van der Waals surface area contributed by atoms with Gasteiger partial charge in [0, 0.05) is 13.1 Å². The fourth-order valence-corrected chi connectivity index (χ4v) is 4.00. The number of nitrogens with zero attached hydrogens (tertiary/aromatic N) is 1. The summed E-state index contributed by atoms with van der Waals surface area (Å²) in [5.74, 6) is -0.722. The molecule has 0 spiro atoms. The number of likely N-dealkylation sites (tertiary alicyclic amines) is 1. The van der Waals surface area contributed by atoms with Crippen molar-refractivity contribution in [3.63, 3.8) is 0 Å². The summed E-state index contributed by atoms with van der Waals surface area (Å²) in [7, 11) is 0. The van der Waals surface area contributed by atoms with Crippen molar-refractivity contribution in [1.82, 2.24) is 4.90 Å². The summed E-state index contributed by atoms with van der Waals surface area (Å²) >= 11 is 0. The number of carboxylic acids is 1. The number of ether oxygens (including phenoxy) is 1. The van der Waals surface area contributed by atoms with Gasteiger partial charge in [0.25, 0.3) is 0 Å². The topological polar surface area (TPSA) is 87.1 Å². The third-order valence-corrected chi connectivity index (χ3v) is 5.19. The van der Waals surface area contributed by atoms with E-state index in [0.29, 0.717) is 25.3 Å². The smallest absolute Gasteiger partial charge is 0.410 e. The maximum Gasteiger partial charge on any atom is 0.410 e. The van der Waals surface area contributed by atoms with E-state index in [-0.39, 0.29) is 13.0 Å². The number of rotatable bonds is 2. The number of carbonyl (C=O) groups excluding carboxylic acids is 1. The molecule has 1 aliphatic carbocycles. The number of aliphatic carboxylic acids is 1. The van der Waals surface area contributed by atoms with E-state index in [4.69, 9.17) is 4.74 Å². The monoisotopic (exact) mass is 327 g/mol. The van der Waals surface area contributed by atoms with E-state index in [1.54, 1.807) is 20.8 Å². The highest BCUT2D eigenvalue weighted by atomic mass is 16.6. The number of amides is 1. The van der Waals surface area contributed by atoms with Gasteiger partial charge in [-0.1, -0.05) is 19.8 Å². The number of aliphatic hydroxyl groups is 1. The average molecular weight is 327 g/mol. The van der Waals surface area contributed by atoms with Gasteiger partial charge in [0.2, 0.25) is 0 Å². The van der Waals surface area contributed by atoms with E-state index in [2.05, 4.69) is 0 Å². The first-order valence-corrected chi connectivity index (χ1v) is 8.43. The molecule has 2 rings (SSSR count). The van der Waals surface area contributed by atoms with Crippen molar-refractivity contribution in [3.05, 3.63) is 0 Å². The molecule has 3 atom stereocenters. The van der Waals surface area contributed by atoms with Gasteiger partial charge in [-0.05, 0) is 46.0 Å². The molecular formula is C17H29NO5. The van der Waals surface area contributed by atoms with Crippen molar-refractivity contribution in [2.24, 2.45) is 11.3 Å². The summed E-state index contributed by atoms with van der Waals surface area (Å²) in [5, 5.41) is 21.0. The van der Waals surface area contributed by atoms with Crippen LogP contribution in [0.4, 0.5) is 4.79 Å². The minimum Gasteiger partial charge on any atom is -0.481 e. The molecule has 0 radical (unpaired) electrons. The summed E-state index contributed by atoms with van der Waals surface area (Å²) in [5.41, 5.74) is -3.17. The van der Waals surface area contributed by atoms with Gasteiger partial charge in [-0.3, -0.25) is 4.79 Å². The lowest BCUT2D eigenvalue weighted by molar-refractivity contribution is -0.175. The molecule has 1 saturated heterocycles. The fraction of sp³-hybridized carbons (Fsp3) is 0.882. The minimum absolute atomic E-state index is 0.0144. The molecule has 1 amide bonds. The van der Waals surface area contributed by atoms with E-state index in [9.17, 15) is 19.8 Å². The van der Waals surface area contributed by atoms with Crippen molar-refractivity contribution in [3.8, 4) is 0 Å². The largest absolute Gasteiger partial charge is 0.481 e. The third kappa shape index (κ3) is 3.47. The van der Waals surface area contributed by atoms with Crippen LogP contribution in [0.15, 0.2) is 0 Å². The molecule has 132 valence electrons. The van der Waals surface area contributed by atoms with E-state index >= 15 is 0 Å². The molecule has 0 aromatic rings. The normalized spacial score (nSPS) is 35.2. The predicted octanol–water partition coefficient (Wildman–Crippen LogP) is 2.64. The molecule has 3 unspecified atom stereocenters. The zero-order chi connectivity index (χ0) is 17.5. The number of carbonyl (C=O) groups is 2. The predicted molar refractivity (Wildman–Crippen MR) is 85.1 cm³/mol. The summed E-state index contributed by atoms with van der Waals surface area (Å²) in [6.45, 7) is 7.70. The second-order valence-electron chi connectivity index (χ2n) is 8.27. The number of hydrogen-bond donors (Lipinski definition) is 2. The van der Waals surface area contributed by atoms with Crippen molar-refractivity contribution >= 4 is 12.1 Å². The maximum absolute atomic E-state index is 12.3. The summed E-state index contributed by atoms with van der Waals surface area (Å²) in [6, 6.07) is 0. The highest BCUT2D eigenvalue weighted by Crippen LogP contribution is 2.49. The van der Waals surface area contributed by atoms with Crippen LogP contribution in [0.5, 0.6) is 0 Å². The Hall–Kier alpha value is -1.30. The Morgan fingerprint density at radius 1 is 1.26 bits per heavy atom. The van der Waals surface area contributed by atoms with Crippen molar-refractivity contribution < 1.29 is 24.5 Å². The van der Waals surface area contributed by atoms with Gasteiger partial charge in [0.15, 0.2) is 0 Å². The van der Waals surface area contributed by atoms with Crippen LogP contribution in [-0.4, -0.2) is 51.5 Å². The average Bonchev–Trinajstić information content (AvgIpc) is 2.83. The van der Waals surface area contributed by atoms with E-state index in [1.165, 1.54) is 4.90 Å². The first-order chi connectivity index (χ1) is 10.5. The Kier molecular flexibility index (Phi) is 4.68. The van der Waals surface area contributed by atoms with Gasteiger partial charge in [0.05, 0.1) is 5.60 Å². The highest BCUT2D eigenvalue weighted by molar-refractivity contribution is 5.79. The Balaban J connectivity index is 2.21. The van der Waals surface area contributed by atoms with E-state index in [1.807, 2.05) is 6.92 Å². The minimum atomic E-state index is -1.29. The molecule has 2 N–H and O–H groups in total. The Morgan fingerprint density at radius 3 is 2.43 bits per heavy atom. The molecule has 0 aromatic heterocycles. The van der Waals surface area contributed by atoms with Crippen LogP contribution < -0.4 is 0 Å². The third-order valence-electron chi connectivity index (χ3n) is 5.19. The molecule has 23 heavy (non-hydrogen) atoms. The molecule has 1 heterocycles. The van der Waals surface area contributed by atoms with Crippen LogP contribution in [-0.2, 0) is 9.53 Å². The van der Waals surface area contributed by atoms with Gasteiger partial charge in [-0.25, -0.2) is 4.79 Å². The molecule has 1 saturated carbocycles. The molecule has 1 aliphatic heterocycles. The van der Waals surface area contributed by atoms with Crippen LogP contribution in [0.25, 0.3) is 0 Å². The fourth-order valence-electron chi connectivity index (χ4n) is 4.00. The van der Waals surface area contributed by atoms with Crippen molar-refractivity contribution in [2.75, 3.05) is 13.1 Å². The lowest BCUT2D eigenvalue weighted by atomic mass is 9.62. The lowest BCUT2D eigenvalue weighted by Crippen LogP contribution is -2.57. The molecule has 2 fully saturated rings. The van der Waals surface area contributed by atoms with Gasteiger partial charge < -0.3 is 19.8 Å². The molecule has 6 nitrogen and oxygen atoms in total. The molecule has 0 bridgehead atoms. The molecule has 0 aromatic carbocycles.